The van der Waals surface area contributed by atoms with Crippen LogP contribution >= 0.6 is 0 Å². The zero-order valence-electron chi connectivity index (χ0n) is 10.5. The topological polar surface area (TPSA) is 43.6 Å². The fourth-order valence-corrected chi connectivity index (χ4v) is 2.08. The third-order valence-electron chi connectivity index (χ3n) is 3.28. The molecule has 0 N–H and O–H groups in total. The summed E-state index contributed by atoms with van der Waals surface area (Å²) in [7, 11) is 0. The van der Waals surface area contributed by atoms with Gasteiger partial charge in [-0.2, -0.15) is 4.68 Å². The quantitative estimate of drug-likeness (QED) is 0.836. The van der Waals surface area contributed by atoms with Crippen molar-refractivity contribution in [3.63, 3.8) is 0 Å². The maximum atomic E-state index is 13.7. The number of benzene rings is 1. The molecule has 1 heterocycles. The minimum absolute atomic E-state index is 0.144. The predicted molar refractivity (Wildman–Crippen MR) is 65.2 cm³/mol. The molecule has 0 atom stereocenters. The van der Waals surface area contributed by atoms with Gasteiger partial charge in [0.1, 0.15) is 5.82 Å². The molecule has 0 aliphatic heterocycles. The van der Waals surface area contributed by atoms with Crippen molar-refractivity contribution >= 4 is 0 Å². The van der Waals surface area contributed by atoms with Gasteiger partial charge < -0.3 is 0 Å². The Balaban J connectivity index is 2.05. The van der Waals surface area contributed by atoms with E-state index in [1.54, 1.807) is 10.7 Å². The molecule has 1 saturated carbocycles. The summed E-state index contributed by atoms with van der Waals surface area (Å²) in [6.07, 6.45) is 2.28. The molecule has 0 bridgehead atoms. The van der Waals surface area contributed by atoms with Crippen LogP contribution in [-0.4, -0.2) is 20.2 Å². The van der Waals surface area contributed by atoms with Gasteiger partial charge in [-0.15, -0.1) is 5.10 Å². The third kappa shape index (κ3) is 1.89. The minimum atomic E-state index is -0.171. The molecule has 1 fully saturated rings. The summed E-state index contributed by atoms with van der Waals surface area (Å²) >= 11 is 0. The largest absolute Gasteiger partial charge is 0.207 e. The predicted octanol–water partition coefficient (Wildman–Crippen LogP) is 2.80. The van der Waals surface area contributed by atoms with Crippen LogP contribution in [0.25, 0.3) is 5.69 Å². The molecular formula is C13H15FN4. The first-order valence-corrected chi connectivity index (χ1v) is 6.25. The number of halogens is 1. The Labute approximate surface area is 105 Å². The first kappa shape index (κ1) is 11.3. The smallest absolute Gasteiger partial charge is 0.159 e. The van der Waals surface area contributed by atoms with E-state index in [4.69, 9.17) is 0 Å². The second-order valence-electron chi connectivity index (χ2n) is 5.08. The molecule has 1 aliphatic rings. The van der Waals surface area contributed by atoms with Crippen molar-refractivity contribution in [2.24, 2.45) is 0 Å². The van der Waals surface area contributed by atoms with Gasteiger partial charge in [-0.3, -0.25) is 0 Å². The van der Waals surface area contributed by atoms with Gasteiger partial charge in [-0.05, 0) is 52.9 Å². The van der Waals surface area contributed by atoms with Crippen molar-refractivity contribution in [2.45, 2.75) is 38.5 Å². The number of tetrazole rings is 1. The second kappa shape index (κ2) is 4.15. The summed E-state index contributed by atoms with van der Waals surface area (Å²) in [4.78, 5) is 0. The van der Waals surface area contributed by atoms with Gasteiger partial charge in [0.25, 0.3) is 0 Å². The van der Waals surface area contributed by atoms with Crippen LogP contribution in [0.4, 0.5) is 4.39 Å². The van der Waals surface area contributed by atoms with Crippen molar-refractivity contribution in [3.8, 4) is 5.69 Å². The van der Waals surface area contributed by atoms with E-state index in [9.17, 15) is 4.39 Å². The third-order valence-corrected chi connectivity index (χ3v) is 3.28. The molecule has 18 heavy (non-hydrogen) atoms. The van der Waals surface area contributed by atoms with Gasteiger partial charge in [0.05, 0.1) is 5.69 Å². The van der Waals surface area contributed by atoms with Gasteiger partial charge in [0.15, 0.2) is 5.82 Å². The molecule has 1 aromatic heterocycles. The summed E-state index contributed by atoms with van der Waals surface area (Å²) in [5, 5.41) is 11.8. The Morgan fingerprint density at radius 3 is 2.78 bits per heavy atom. The molecule has 3 rings (SSSR count). The molecule has 1 aromatic carbocycles. The van der Waals surface area contributed by atoms with E-state index in [-0.39, 0.29) is 11.7 Å². The van der Waals surface area contributed by atoms with E-state index >= 15 is 0 Å². The fraction of sp³-hybridized carbons (Fsp3) is 0.462. The van der Waals surface area contributed by atoms with Crippen LogP contribution in [0.5, 0.6) is 0 Å². The SMILES string of the molecule is CC(C)c1cc(-n2nnnc2C2CC2)ccc1F. The Morgan fingerprint density at radius 1 is 1.33 bits per heavy atom. The lowest BCUT2D eigenvalue weighted by Crippen LogP contribution is -2.04. The maximum Gasteiger partial charge on any atom is 0.159 e. The summed E-state index contributed by atoms with van der Waals surface area (Å²) in [5.74, 6) is 1.32. The van der Waals surface area contributed by atoms with Crippen LogP contribution in [0, 0.1) is 5.82 Å². The van der Waals surface area contributed by atoms with Crippen LogP contribution in [0.1, 0.15) is 49.9 Å². The summed E-state index contributed by atoms with van der Waals surface area (Å²) in [6.45, 7) is 3.95. The molecule has 94 valence electrons. The molecular weight excluding hydrogens is 231 g/mol. The number of hydrogen-bond donors (Lipinski definition) is 0. The van der Waals surface area contributed by atoms with Gasteiger partial charge >= 0.3 is 0 Å². The first-order valence-electron chi connectivity index (χ1n) is 6.25. The summed E-state index contributed by atoms with van der Waals surface area (Å²) in [6, 6.07) is 5.05. The zero-order chi connectivity index (χ0) is 12.7. The standard InChI is InChI=1S/C13H15FN4/c1-8(2)11-7-10(5-6-12(11)14)18-13(9-3-4-9)15-16-17-18/h5-9H,3-4H2,1-2H3. The van der Waals surface area contributed by atoms with Gasteiger partial charge in [-0.25, -0.2) is 4.39 Å². The second-order valence-corrected chi connectivity index (χ2v) is 5.08. The lowest BCUT2D eigenvalue weighted by molar-refractivity contribution is 0.596. The highest BCUT2D eigenvalue weighted by atomic mass is 19.1. The van der Waals surface area contributed by atoms with Crippen molar-refractivity contribution in [3.05, 3.63) is 35.4 Å². The normalized spacial score (nSPS) is 15.3. The molecule has 1 aliphatic carbocycles. The van der Waals surface area contributed by atoms with E-state index in [0.717, 1.165) is 24.4 Å². The highest BCUT2D eigenvalue weighted by molar-refractivity contribution is 5.38. The average molecular weight is 246 g/mol. The Bertz CT molecular complexity index is 572. The Morgan fingerprint density at radius 2 is 2.11 bits per heavy atom. The number of hydrogen-bond acceptors (Lipinski definition) is 3. The molecule has 4 nitrogen and oxygen atoms in total. The van der Waals surface area contributed by atoms with E-state index in [1.165, 1.54) is 6.07 Å². The van der Waals surface area contributed by atoms with Crippen LogP contribution < -0.4 is 0 Å². The van der Waals surface area contributed by atoms with E-state index in [2.05, 4.69) is 15.5 Å². The summed E-state index contributed by atoms with van der Waals surface area (Å²) < 4.78 is 15.4. The number of nitrogens with zero attached hydrogens (tertiary/aromatic N) is 4. The van der Waals surface area contributed by atoms with Gasteiger partial charge in [-0.1, -0.05) is 13.8 Å². The van der Waals surface area contributed by atoms with E-state index < -0.39 is 0 Å². The number of rotatable bonds is 3. The van der Waals surface area contributed by atoms with Crippen LogP contribution in [0.2, 0.25) is 0 Å². The molecule has 2 aromatic rings. The van der Waals surface area contributed by atoms with Crippen molar-refractivity contribution < 1.29 is 4.39 Å². The van der Waals surface area contributed by atoms with Gasteiger partial charge in [0, 0.05) is 5.92 Å². The lowest BCUT2D eigenvalue weighted by Gasteiger charge is -2.10. The van der Waals surface area contributed by atoms with E-state index in [1.807, 2.05) is 19.9 Å². The maximum absolute atomic E-state index is 13.7. The van der Waals surface area contributed by atoms with Crippen LogP contribution in [0.3, 0.4) is 0 Å². The van der Waals surface area contributed by atoms with Crippen LogP contribution in [0.15, 0.2) is 18.2 Å². The highest BCUT2D eigenvalue weighted by Gasteiger charge is 2.30. The molecule has 0 amide bonds. The Hall–Kier alpha value is -1.78. The van der Waals surface area contributed by atoms with E-state index in [0.29, 0.717) is 11.5 Å². The lowest BCUT2D eigenvalue weighted by atomic mass is 10.0. The zero-order valence-corrected chi connectivity index (χ0v) is 10.5. The molecule has 0 unspecified atom stereocenters. The molecule has 0 saturated heterocycles. The number of aromatic nitrogens is 4. The molecule has 5 heteroatoms. The average Bonchev–Trinajstić information content (AvgIpc) is 3.08. The summed E-state index contributed by atoms with van der Waals surface area (Å²) in [5.41, 5.74) is 1.54. The fourth-order valence-electron chi connectivity index (χ4n) is 2.08. The molecule has 0 spiro atoms. The van der Waals surface area contributed by atoms with Crippen molar-refractivity contribution in [1.82, 2.24) is 20.2 Å². The first-order chi connectivity index (χ1) is 8.66. The van der Waals surface area contributed by atoms with Gasteiger partial charge in [0.2, 0.25) is 0 Å². The van der Waals surface area contributed by atoms with Crippen molar-refractivity contribution in [1.29, 1.82) is 0 Å². The Kier molecular flexibility index (Phi) is 2.61. The minimum Gasteiger partial charge on any atom is -0.207 e. The van der Waals surface area contributed by atoms with Crippen LogP contribution in [-0.2, 0) is 0 Å². The van der Waals surface area contributed by atoms with Crippen molar-refractivity contribution in [2.75, 3.05) is 0 Å². The highest BCUT2D eigenvalue weighted by Crippen LogP contribution is 2.39. The monoisotopic (exact) mass is 246 g/mol. The molecule has 0 radical (unpaired) electrons.